The molecule has 0 spiro atoms. The van der Waals surface area contributed by atoms with Gasteiger partial charge in [0.15, 0.2) is 0 Å². The van der Waals surface area contributed by atoms with E-state index in [1.807, 2.05) is 0 Å². The first kappa shape index (κ1) is 22.4. The van der Waals surface area contributed by atoms with Crippen molar-refractivity contribution in [2.45, 2.75) is 37.9 Å². The second-order valence-electron chi connectivity index (χ2n) is 6.55. The molecule has 25 heavy (non-hydrogen) atoms. The molecule has 1 saturated heterocycles. The molecule has 3 nitrogen and oxygen atoms in total. The van der Waals surface area contributed by atoms with Crippen molar-refractivity contribution in [1.82, 2.24) is 10.2 Å². The summed E-state index contributed by atoms with van der Waals surface area (Å²) >= 11 is 0. The van der Waals surface area contributed by atoms with Gasteiger partial charge in [-0.2, -0.15) is 13.2 Å². The maximum absolute atomic E-state index is 13.1. The zero-order chi connectivity index (χ0) is 16.4. The highest BCUT2D eigenvalue weighted by Gasteiger charge is 2.36. The van der Waals surface area contributed by atoms with Gasteiger partial charge in [-0.05, 0) is 37.0 Å². The van der Waals surface area contributed by atoms with Crippen LogP contribution in [0.5, 0.6) is 5.75 Å². The molecule has 0 radical (unpaired) electrons. The lowest BCUT2D eigenvalue weighted by atomic mass is 9.88. The molecule has 1 aromatic carbocycles. The van der Waals surface area contributed by atoms with Crippen molar-refractivity contribution in [2.75, 3.05) is 26.2 Å². The molecule has 1 aliphatic heterocycles. The molecule has 1 aromatic rings. The van der Waals surface area contributed by atoms with Crippen LogP contribution in [0.4, 0.5) is 13.2 Å². The molecule has 2 N–H and O–H groups in total. The van der Waals surface area contributed by atoms with Gasteiger partial charge >= 0.3 is 6.18 Å². The van der Waals surface area contributed by atoms with E-state index < -0.39 is 11.7 Å². The van der Waals surface area contributed by atoms with Crippen LogP contribution in [-0.4, -0.2) is 36.2 Å². The van der Waals surface area contributed by atoms with Crippen molar-refractivity contribution in [3.8, 4) is 5.75 Å². The van der Waals surface area contributed by atoms with Gasteiger partial charge in [-0.15, -0.1) is 24.8 Å². The summed E-state index contributed by atoms with van der Waals surface area (Å²) in [6, 6.07) is 3.19. The van der Waals surface area contributed by atoms with Crippen LogP contribution in [0, 0.1) is 5.92 Å². The van der Waals surface area contributed by atoms with Gasteiger partial charge in [-0.3, -0.25) is 4.90 Å². The molecule has 0 amide bonds. The van der Waals surface area contributed by atoms with Crippen LogP contribution in [0.15, 0.2) is 18.2 Å². The Morgan fingerprint density at radius 2 is 1.68 bits per heavy atom. The predicted octanol–water partition coefficient (Wildman–Crippen LogP) is 4.39. The Hall–Kier alpha value is -0.690. The molecule has 1 atom stereocenters. The normalized spacial score (nSPS) is 20.6. The Kier molecular flexibility index (Phi) is 8.32. The molecule has 1 saturated carbocycles. The summed E-state index contributed by atoms with van der Waals surface area (Å²) in [7, 11) is 0. The van der Waals surface area contributed by atoms with E-state index in [2.05, 4.69) is 10.2 Å². The molecule has 0 unspecified atom stereocenters. The lowest BCUT2D eigenvalue weighted by Crippen LogP contribution is -2.46. The second-order valence-corrected chi connectivity index (χ2v) is 6.55. The maximum atomic E-state index is 13.1. The van der Waals surface area contributed by atoms with E-state index in [0.29, 0.717) is 11.5 Å². The average Bonchev–Trinajstić information content (AvgIpc) is 3.03. The highest BCUT2D eigenvalue weighted by atomic mass is 35.5. The van der Waals surface area contributed by atoms with Crippen molar-refractivity contribution < 1.29 is 18.3 Å². The van der Waals surface area contributed by atoms with Crippen LogP contribution in [0.2, 0.25) is 0 Å². The first-order chi connectivity index (χ1) is 11.0. The van der Waals surface area contributed by atoms with E-state index in [9.17, 15) is 18.3 Å². The van der Waals surface area contributed by atoms with Crippen LogP contribution in [-0.2, 0) is 6.18 Å². The van der Waals surface area contributed by atoms with Gasteiger partial charge in [-0.25, -0.2) is 0 Å². The number of hydrogen-bond donors (Lipinski definition) is 2. The fraction of sp³-hybridized carbons (Fsp3) is 0.647. The Morgan fingerprint density at radius 1 is 1.08 bits per heavy atom. The van der Waals surface area contributed by atoms with Crippen molar-refractivity contribution in [1.29, 1.82) is 0 Å². The summed E-state index contributed by atoms with van der Waals surface area (Å²) in [5.74, 6) is 0.302. The summed E-state index contributed by atoms with van der Waals surface area (Å²) in [5, 5.41) is 13.5. The molecule has 144 valence electrons. The number of alkyl halides is 3. The van der Waals surface area contributed by atoms with E-state index in [1.54, 1.807) is 0 Å². The fourth-order valence-electron chi connectivity index (χ4n) is 3.95. The van der Waals surface area contributed by atoms with Crippen molar-refractivity contribution in [3.63, 3.8) is 0 Å². The van der Waals surface area contributed by atoms with Gasteiger partial charge in [-0.1, -0.05) is 12.8 Å². The lowest BCUT2D eigenvalue weighted by Gasteiger charge is -2.39. The third kappa shape index (κ3) is 5.16. The number of phenolic OH excluding ortho intramolecular Hbond substituents is 1. The van der Waals surface area contributed by atoms with Gasteiger partial charge in [0.05, 0.1) is 5.56 Å². The van der Waals surface area contributed by atoms with Crippen LogP contribution in [0.1, 0.15) is 42.9 Å². The number of hydrogen-bond acceptors (Lipinski definition) is 3. The van der Waals surface area contributed by atoms with Gasteiger partial charge in [0.2, 0.25) is 0 Å². The number of aromatic hydroxyl groups is 1. The Labute approximate surface area is 158 Å². The first-order valence-electron chi connectivity index (χ1n) is 8.31. The zero-order valence-corrected chi connectivity index (χ0v) is 15.5. The number of nitrogens with zero attached hydrogens (tertiary/aromatic N) is 1. The molecule has 2 aliphatic rings. The number of nitrogens with one attached hydrogen (secondary N) is 1. The number of piperazine rings is 1. The van der Waals surface area contributed by atoms with Crippen LogP contribution < -0.4 is 5.32 Å². The SMILES string of the molecule is Cl.Cl.Oc1ccc(C(F)(F)F)cc1[C@H](C1CCCC1)N1CCNCC1. The summed E-state index contributed by atoms with van der Waals surface area (Å²) in [6.07, 6.45) is -0.110. The Bertz CT molecular complexity index is 545. The summed E-state index contributed by atoms with van der Waals surface area (Å²) in [6.45, 7) is 3.28. The van der Waals surface area contributed by atoms with E-state index in [4.69, 9.17) is 0 Å². The number of phenols is 1. The minimum Gasteiger partial charge on any atom is -0.508 e. The van der Waals surface area contributed by atoms with E-state index >= 15 is 0 Å². The summed E-state index contributed by atoms with van der Waals surface area (Å²) < 4.78 is 39.2. The number of halogens is 5. The van der Waals surface area contributed by atoms with Crippen molar-refractivity contribution >= 4 is 24.8 Å². The monoisotopic (exact) mass is 400 g/mol. The third-order valence-electron chi connectivity index (χ3n) is 5.06. The molecule has 2 fully saturated rings. The highest BCUT2D eigenvalue weighted by Crippen LogP contribution is 2.44. The van der Waals surface area contributed by atoms with E-state index in [-0.39, 0.29) is 36.6 Å². The quantitative estimate of drug-likeness (QED) is 0.789. The van der Waals surface area contributed by atoms with Crippen LogP contribution >= 0.6 is 24.8 Å². The van der Waals surface area contributed by atoms with Crippen molar-refractivity contribution in [3.05, 3.63) is 29.3 Å². The van der Waals surface area contributed by atoms with Gasteiger partial charge < -0.3 is 10.4 Å². The molecule has 0 aromatic heterocycles. The van der Waals surface area contributed by atoms with Crippen LogP contribution in [0.3, 0.4) is 0 Å². The predicted molar refractivity (Wildman–Crippen MR) is 96.7 cm³/mol. The molecule has 8 heteroatoms. The molecule has 0 bridgehead atoms. The topological polar surface area (TPSA) is 35.5 Å². The standard InChI is InChI=1S/C17H23F3N2O.2ClH/c18-17(19,20)13-5-6-15(23)14(11-13)16(12-3-1-2-4-12)22-9-7-21-8-10-22;;/h5-6,11-12,16,21,23H,1-4,7-10H2;2*1H/t16-;;/m0../s1. The molecular weight excluding hydrogens is 376 g/mol. The lowest BCUT2D eigenvalue weighted by molar-refractivity contribution is -0.137. The molecule has 1 aliphatic carbocycles. The molecular formula is C17H25Cl2F3N2O. The average molecular weight is 401 g/mol. The molecule has 1 heterocycles. The minimum absolute atomic E-state index is 0. The number of benzene rings is 1. The van der Waals surface area contributed by atoms with Gasteiger partial charge in [0.25, 0.3) is 0 Å². The number of rotatable bonds is 3. The first-order valence-corrected chi connectivity index (χ1v) is 8.31. The third-order valence-corrected chi connectivity index (χ3v) is 5.06. The summed E-state index contributed by atoms with van der Waals surface area (Å²) in [4.78, 5) is 2.24. The van der Waals surface area contributed by atoms with Crippen LogP contribution in [0.25, 0.3) is 0 Å². The smallest absolute Gasteiger partial charge is 0.416 e. The van der Waals surface area contributed by atoms with E-state index in [0.717, 1.165) is 64.0 Å². The van der Waals surface area contributed by atoms with E-state index in [1.165, 1.54) is 6.07 Å². The Balaban J connectivity index is 0.00000156. The molecule has 3 rings (SSSR count). The van der Waals surface area contributed by atoms with Gasteiger partial charge in [0, 0.05) is 37.8 Å². The fourth-order valence-corrected chi connectivity index (χ4v) is 3.95. The second kappa shape index (κ2) is 9.31. The largest absolute Gasteiger partial charge is 0.508 e. The van der Waals surface area contributed by atoms with Gasteiger partial charge in [0.1, 0.15) is 5.75 Å². The maximum Gasteiger partial charge on any atom is 0.416 e. The van der Waals surface area contributed by atoms with Crippen molar-refractivity contribution in [2.24, 2.45) is 5.92 Å². The minimum atomic E-state index is -4.38. The zero-order valence-electron chi connectivity index (χ0n) is 13.9. The Morgan fingerprint density at radius 3 is 2.24 bits per heavy atom. The highest BCUT2D eigenvalue weighted by molar-refractivity contribution is 5.85. The summed E-state index contributed by atoms with van der Waals surface area (Å²) in [5.41, 5.74) is -0.239.